The van der Waals surface area contributed by atoms with Gasteiger partial charge < -0.3 is 18.9 Å². The van der Waals surface area contributed by atoms with Gasteiger partial charge in [-0.3, -0.25) is 0 Å². The van der Waals surface area contributed by atoms with E-state index >= 15 is 0 Å². The lowest BCUT2D eigenvalue weighted by molar-refractivity contribution is 0.305. The van der Waals surface area contributed by atoms with Crippen molar-refractivity contribution in [1.29, 1.82) is 0 Å². The van der Waals surface area contributed by atoms with Gasteiger partial charge in [0.05, 0.1) is 26.9 Å². The van der Waals surface area contributed by atoms with Crippen molar-refractivity contribution in [2.75, 3.05) is 34.5 Å². The van der Waals surface area contributed by atoms with Crippen LogP contribution in [0.4, 0.5) is 0 Å². The third-order valence-corrected chi connectivity index (χ3v) is 6.92. The van der Waals surface area contributed by atoms with E-state index in [1.807, 2.05) is 0 Å². The first-order valence-electron chi connectivity index (χ1n) is 10.3. The summed E-state index contributed by atoms with van der Waals surface area (Å²) in [6.07, 6.45) is 0. The van der Waals surface area contributed by atoms with E-state index < -0.39 is 10.0 Å². The van der Waals surface area contributed by atoms with E-state index in [1.54, 1.807) is 56.7 Å². The molecule has 4 rings (SSSR count). The molecule has 11 nitrogen and oxygen atoms in total. The summed E-state index contributed by atoms with van der Waals surface area (Å²) in [5.41, 5.74) is 1.14. The van der Waals surface area contributed by atoms with Crippen LogP contribution in [0.25, 0.3) is 17.0 Å². The molecule has 0 saturated carbocycles. The van der Waals surface area contributed by atoms with Gasteiger partial charge in [-0.25, -0.2) is 13.1 Å². The molecule has 0 aliphatic heterocycles. The molecule has 2 aromatic heterocycles. The van der Waals surface area contributed by atoms with Crippen molar-refractivity contribution in [1.82, 2.24) is 24.5 Å². The van der Waals surface area contributed by atoms with E-state index in [9.17, 15) is 8.42 Å². The molecule has 0 aliphatic rings. The van der Waals surface area contributed by atoms with Crippen LogP contribution in [-0.4, -0.2) is 62.7 Å². The lowest BCUT2D eigenvalue weighted by Gasteiger charge is -2.12. The number of fused-ring (bicyclic) bond motifs is 1. The lowest BCUT2D eigenvalue weighted by atomic mass is 10.2. The Morgan fingerprint density at radius 3 is 2.46 bits per heavy atom. The SMILES string of the molecule is COc1ccc(OC)c(-c2nnc3ccc(OCCNS(=O)(=O)c4cc(Br)ccc4OC)nn23)c1. The highest BCUT2D eigenvalue weighted by atomic mass is 79.9. The molecular formula is C22H22BrN5O6S. The molecule has 2 aromatic carbocycles. The zero-order chi connectivity index (χ0) is 25.0. The van der Waals surface area contributed by atoms with Crippen LogP contribution in [0.15, 0.2) is 57.9 Å². The predicted octanol–water partition coefficient (Wildman–Crippen LogP) is 2.94. The molecule has 0 fully saturated rings. The maximum atomic E-state index is 12.7. The minimum Gasteiger partial charge on any atom is -0.497 e. The van der Waals surface area contributed by atoms with E-state index in [-0.39, 0.29) is 29.7 Å². The number of ether oxygens (including phenoxy) is 4. The molecule has 0 saturated heterocycles. The van der Waals surface area contributed by atoms with Crippen molar-refractivity contribution in [2.24, 2.45) is 0 Å². The molecule has 0 bridgehead atoms. The smallest absolute Gasteiger partial charge is 0.244 e. The van der Waals surface area contributed by atoms with Crippen LogP contribution in [0.1, 0.15) is 0 Å². The maximum Gasteiger partial charge on any atom is 0.244 e. The number of rotatable bonds is 10. The summed E-state index contributed by atoms with van der Waals surface area (Å²) < 4.78 is 51.6. The Kier molecular flexibility index (Phi) is 7.38. The van der Waals surface area contributed by atoms with Crippen molar-refractivity contribution in [2.45, 2.75) is 4.90 Å². The summed E-state index contributed by atoms with van der Waals surface area (Å²) >= 11 is 3.28. The van der Waals surface area contributed by atoms with E-state index in [1.165, 1.54) is 17.7 Å². The minimum absolute atomic E-state index is 0.0104. The fourth-order valence-electron chi connectivity index (χ4n) is 3.28. The summed E-state index contributed by atoms with van der Waals surface area (Å²) in [7, 11) is 0.716. The van der Waals surface area contributed by atoms with E-state index in [0.717, 1.165) is 0 Å². The van der Waals surface area contributed by atoms with Gasteiger partial charge in [0.25, 0.3) is 0 Å². The second-order valence-electron chi connectivity index (χ2n) is 7.07. The van der Waals surface area contributed by atoms with Crippen LogP contribution in [0, 0.1) is 0 Å². The van der Waals surface area contributed by atoms with Gasteiger partial charge in [-0.15, -0.1) is 15.3 Å². The first-order valence-corrected chi connectivity index (χ1v) is 12.5. The molecule has 2 heterocycles. The molecule has 35 heavy (non-hydrogen) atoms. The second kappa shape index (κ2) is 10.5. The third kappa shape index (κ3) is 5.31. The molecular weight excluding hydrogens is 542 g/mol. The van der Waals surface area contributed by atoms with Crippen molar-refractivity contribution >= 4 is 31.6 Å². The molecule has 1 N–H and O–H groups in total. The highest BCUT2D eigenvalue weighted by Crippen LogP contribution is 2.32. The Labute approximate surface area is 210 Å². The highest BCUT2D eigenvalue weighted by Gasteiger charge is 2.20. The van der Waals surface area contributed by atoms with Gasteiger partial charge in [-0.1, -0.05) is 15.9 Å². The zero-order valence-electron chi connectivity index (χ0n) is 19.1. The van der Waals surface area contributed by atoms with Crippen molar-refractivity contribution in [3.05, 3.63) is 53.0 Å². The van der Waals surface area contributed by atoms with E-state index in [2.05, 4.69) is 35.9 Å². The maximum absolute atomic E-state index is 12.7. The zero-order valence-corrected chi connectivity index (χ0v) is 21.5. The van der Waals surface area contributed by atoms with Crippen molar-refractivity contribution in [3.63, 3.8) is 0 Å². The average molecular weight is 564 g/mol. The van der Waals surface area contributed by atoms with Crippen LogP contribution in [0.3, 0.4) is 0 Å². The topological polar surface area (TPSA) is 126 Å². The molecule has 0 radical (unpaired) electrons. The largest absolute Gasteiger partial charge is 0.497 e. The summed E-state index contributed by atoms with van der Waals surface area (Å²) in [5.74, 6) is 2.13. The second-order valence-corrected chi connectivity index (χ2v) is 9.72. The fraction of sp³-hybridized carbons (Fsp3) is 0.227. The fourth-order valence-corrected chi connectivity index (χ4v) is 4.99. The molecule has 0 aliphatic carbocycles. The van der Waals surface area contributed by atoms with Crippen LogP contribution in [0.2, 0.25) is 0 Å². The number of hydrogen-bond acceptors (Lipinski definition) is 9. The molecule has 0 amide bonds. The first kappa shape index (κ1) is 24.7. The Hall–Kier alpha value is -3.42. The van der Waals surface area contributed by atoms with Gasteiger partial charge >= 0.3 is 0 Å². The Morgan fingerprint density at radius 1 is 0.943 bits per heavy atom. The van der Waals surface area contributed by atoms with Crippen LogP contribution >= 0.6 is 15.9 Å². The van der Waals surface area contributed by atoms with Crippen LogP contribution < -0.4 is 23.7 Å². The normalized spacial score (nSPS) is 11.4. The minimum atomic E-state index is -3.82. The Balaban J connectivity index is 1.49. The standard InChI is InChI=1S/C22H22BrN5O6S/c1-31-15-5-7-17(32-2)16(13-15)22-26-25-20-8-9-21(27-28(20)22)34-11-10-24-35(29,30)19-12-14(23)4-6-18(19)33-3/h4-9,12-13,24H,10-11H2,1-3H3. The molecule has 13 heteroatoms. The number of aromatic nitrogens is 4. The number of nitrogens with one attached hydrogen (secondary N) is 1. The molecule has 184 valence electrons. The van der Waals surface area contributed by atoms with Gasteiger partial charge in [0.15, 0.2) is 11.5 Å². The number of benzene rings is 2. The van der Waals surface area contributed by atoms with Crippen molar-refractivity contribution in [3.8, 4) is 34.5 Å². The lowest BCUT2D eigenvalue weighted by Crippen LogP contribution is -2.28. The molecule has 0 atom stereocenters. The van der Waals surface area contributed by atoms with Gasteiger partial charge in [0, 0.05) is 17.1 Å². The van der Waals surface area contributed by atoms with Gasteiger partial charge in [0.1, 0.15) is 28.8 Å². The van der Waals surface area contributed by atoms with Crippen LogP contribution in [-0.2, 0) is 10.0 Å². The number of nitrogens with zero attached hydrogens (tertiary/aromatic N) is 4. The summed E-state index contributed by atoms with van der Waals surface area (Å²) in [5, 5.41) is 12.8. The molecule has 0 unspecified atom stereocenters. The van der Waals surface area contributed by atoms with Crippen molar-refractivity contribution < 1.29 is 27.4 Å². The Bertz CT molecular complexity index is 1460. The molecule has 4 aromatic rings. The van der Waals surface area contributed by atoms with Gasteiger partial charge in [0.2, 0.25) is 15.9 Å². The number of hydrogen-bond donors (Lipinski definition) is 1. The van der Waals surface area contributed by atoms with Crippen LogP contribution in [0.5, 0.6) is 23.1 Å². The quantitative estimate of drug-likeness (QED) is 0.290. The number of halogens is 1. The Morgan fingerprint density at radius 2 is 1.71 bits per heavy atom. The van der Waals surface area contributed by atoms with Gasteiger partial charge in [-0.2, -0.15) is 4.52 Å². The average Bonchev–Trinajstić information content (AvgIpc) is 3.29. The molecule has 0 spiro atoms. The summed E-state index contributed by atoms with van der Waals surface area (Å²) in [6.45, 7) is 0.0461. The van der Waals surface area contributed by atoms with Gasteiger partial charge in [-0.05, 0) is 42.5 Å². The monoisotopic (exact) mass is 563 g/mol. The van der Waals surface area contributed by atoms with E-state index in [0.29, 0.717) is 33.0 Å². The summed E-state index contributed by atoms with van der Waals surface area (Å²) in [6, 6.07) is 13.4. The predicted molar refractivity (Wildman–Crippen MR) is 131 cm³/mol. The highest BCUT2D eigenvalue weighted by molar-refractivity contribution is 9.10. The number of methoxy groups -OCH3 is 3. The first-order chi connectivity index (χ1) is 16.9. The summed E-state index contributed by atoms with van der Waals surface area (Å²) in [4.78, 5) is 0.0234. The number of sulfonamides is 1. The van der Waals surface area contributed by atoms with E-state index in [4.69, 9.17) is 18.9 Å². The third-order valence-electron chi connectivity index (χ3n) is 4.95.